The van der Waals surface area contributed by atoms with Gasteiger partial charge < -0.3 is 12.4 Å². The first-order valence-corrected chi connectivity index (χ1v) is 7.16. The van der Waals surface area contributed by atoms with E-state index in [-0.39, 0.29) is 12.4 Å². The largest absolute Gasteiger partial charge is 1.00 e. The number of aromatic nitrogens is 2. The summed E-state index contributed by atoms with van der Waals surface area (Å²) in [5.41, 5.74) is 2.61. The van der Waals surface area contributed by atoms with Crippen LogP contribution in [0, 0.1) is 0 Å². The molecule has 22 heavy (non-hydrogen) atoms. The maximum absolute atomic E-state index is 3.90. The zero-order valence-corrected chi connectivity index (χ0v) is 13.2. The molecule has 1 heterocycles. The van der Waals surface area contributed by atoms with Crippen molar-refractivity contribution in [3.8, 4) is 0 Å². The number of imidazole rings is 1. The number of halogens is 1. The van der Waals surface area contributed by atoms with E-state index in [1.54, 1.807) is 0 Å². The van der Waals surface area contributed by atoms with Crippen molar-refractivity contribution in [3.63, 3.8) is 0 Å². The number of hydrogen-bond donors (Lipinski definition) is 0. The Kier molecular flexibility index (Phi) is 5.56. The second-order valence-corrected chi connectivity index (χ2v) is 5.08. The van der Waals surface area contributed by atoms with Gasteiger partial charge in [-0.3, -0.25) is 0 Å². The van der Waals surface area contributed by atoms with Crippen LogP contribution in [0.3, 0.4) is 0 Å². The lowest BCUT2D eigenvalue weighted by Gasteiger charge is -2.04. The maximum Gasteiger partial charge on any atom is 0.265 e. The molecule has 0 fully saturated rings. The van der Waals surface area contributed by atoms with Gasteiger partial charge in [-0.2, -0.15) is 0 Å². The predicted molar refractivity (Wildman–Crippen MR) is 85.8 cm³/mol. The number of nitrogens with zero attached hydrogens (tertiary/aromatic N) is 2. The SMILES string of the molecule is C=Cn1cc[n+](Cc2ccccc2)c1Cc1ccccc1.[Cl-]. The summed E-state index contributed by atoms with van der Waals surface area (Å²) in [6, 6.07) is 21.1. The molecular formula is C19H19ClN2. The monoisotopic (exact) mass is 310 g/mol. The quantitative estimate of drug-likeness (QED) is 0.608. The van der Waals surface area contributed by atoms with Crippen LogP contribution in [-0.4, -0.2) is 4.57 Å². The molecule has 0 amide bonds. The molecular weight excluding hydrogens is 292 g/mol. The molecule has 0 aliphatic heterocycles. The van der Waals surface area contributed by atoms with E-state index < -0.39 is 0 Å². The minimum atomic E-state index is 0. The summed E-state index contributed by atoms with van der Waals surface area (Å²) in [6.07, 6.45) is 6.94. The first-order chi connectivity index (χ1) is 10.4. The zero-order valence-electron chi connectivity index (χ0n) is 12.4. The van der Waals surface area contributed by atoms with Gasteiger partial charge in [-0.15, -0.1) is 0 Å². The highest BCUT2D eigenvalue weighted by Gasteiger charge is 2.16. The Balaban J connectivity index is 0.00000176. The van der Waals surface area contributed by atoms with E-state index in [1.165, 1.54) is 17.0 Å². The molecule has 112 valence electrons. The van der Waals surface area contributed by atoms with Crippen molar-refractivity contribution in [1.29, 1.82) is 0 Å². The molecule has 0 N–H and O–H groups in total. The van der Waals surface area contributed by atoms with E-state index in [2.05, 4.69) is 76.6 Å². The highest BCUT2D eigenvalue weighted by Crippen LogP contribution is 2.08. The van der Waals surface area contributed by atoms with E-state index in [4.69, 9.17) is 0 Å². The smallest absolute Gasteiger partial charge is 0.265 e. The first kappa shape index (κ1) is 16.1. The number of benzene rings is 2. The molecule has 3 rings (SSSR count). The van der Waals surface area contributed by atoms with Crippen LogP contribution in [0.25, 0.3) is 6.20 Å². The van der Waals surface area contributed by atoms with E-state index >= 15 is 0 Å². The molecule has 0 saturated carbocycles. The molecule has 0 radical (unpaired) electrons. The van der Waals surface area contributed by atoms with Gasteiger partial charge in [0.15, 0.2) is 0 Å². The van der Waals surface area contributed by atoms with Gasteiger partial charge in [0.2, 0.25) is 0 Å². The van der Waals surface area contributed by atoms with Crippen molar-refractivity contribution >= 4 is 6.20 Å². The molecule has 3 heteroatoms. The number of rotatable bonds is 5. The zero-order chi connectivity index (χ0) is 14.5. The van der Waals surface area contributed by atoms with Gasteiger partial charge in [-0.1, -0.05) is 67.2 Å². The molecule has 3 aromatic rings. The second kappa shape index (κ2) is 7.62. The second-order valence-electron chi connectivity index (χ2n) is 5.08. The molecule has 1 aromatic heterocycles. The molecule has 0 aliphatic carbocycles. The van der Waals surface area contributed by atoms with Crippen LogP contribution in [0.4, 0.5) is 0 Å². The van der Waals surface area contributed by atoms with Crippen molar-refractivity contribution in [3.05, 3.63) is 96.6 Å². The van der Waals surface area contributed by atoms with Crippen molar-refractivity contribution in [2.24, 2.45) is 0 Å². The minimum absolute atomic E-state index is 0. The average Bonchev–Trinajstić information content (AvgIpc) is 2.91. The lowest BCUT2D eigenvalue weighted by atomic mass is 10.1. The number of hydrogen-bond acceptors (Lipinski definition) is 0. The summed E-state index contributed by atoms with van der Waals surface area (Å²) < 4.78 is 4.37. The summed E-state index contributed by atoms with van der Waals surface area (Å²) in [6.45, 7) is 4.78. The lowest BCUT2D eigenvalue weighted by Crippen LogP contribution is -3.00. The van der Waals surface area contributed by atoms with Crippen LogP contribution >= 0.6 is 0 Å². The third-order valence-corrected chi connectivity index (χ3v) is 3.63. The van der Waals surface area contributed by atoms with E-state index in [1.807, 2.05) is 18.3 Å². The molecule has 0 saturated heterocycles. The topological polar surface area (TPSA) is 8.81 Å². The summed E-state index contributed by atoms with van der Waals surface area (Å²) in [5.74, 6) is 1.24. The Bertz CT molecular complexity index is 718. The van der Waals surface area contributed by atoms with Crippen molar-refractivity contribution in [2.75, 3.05) is 0 Å². The van der Waals surface area contributed by atoms with Crippen LogP contribution in [0.5, 0.6) is 0 Å². The van der Waals surface area contributed by atoms with Crippen LogP contribution in [0.2, 0.25) is 0 Å². The molecule has 0 unspecified atom stereocenters. The van der Waals surface area contributed by atoms with E-state index in [9.17, 15) is 0 Å². The molecule has 2 nitrogen and oxygen atoms in total. The Labute approximate surface area is 137 Å². The maximum atomic E-state index is 3.90. The van der Waals surface area contributed by atoms with Gasteiger partial charge in [0.1, 0.15) is 18.9 Å². The Morgan fingerprint density at radius 2 is 1.50 bits per heavy atom. The molecule has 0 spiro atoms. The Morgan fingerprint density at radius 1 is 0.909 bits per heavy atom. The normalized spacial score (nSPS) is 10.0. The fourth-order valence-electron chi connectivity index (χ4n) is 2.53. The van der Waals surface area contributed by atoms with Gasteiger partial charge >= 0.3 is 0 Å². The summed E-state index contributed by atoms with van der Waals surface area (Å²) in [5, 5.41) is 0. The molecule has 2 aromatic carbocycles. The van der Waals surface area contributed by atoms with Crippen molar-refractivity contribution < 1.29 is 17.0 Å². The van der Waals surface area contributed by atoms with Gasteiger partial charge in [-0.05, 0) is 11.1 Å². The van der Waals surface area contributed by atoms with Crippen LogP contribution in [0.15, 0.2) is 79.6 Å². The highest BCUT2D eigenvalue weighted by molar-refractivity contribution is 5.23. The Hall–Kier alpha value is -2.32. The minimum Gasteiger partial charge on any atom is -1.00 e. The van der Waals surface area contributed by atoms with E-state index in [0.717, 1.165) is 13.0 Å². The molecule has 0 atom stereocenters. The van der Waals surface area contributed by atoms with Crippen LogP contribution in [-0.2, 0) is 13.0 Å². The summed E-state index contributed by atoms with van der Waals surface area (Å²) >= 11 is 0. The van der Waals surface area contributed by atoms with Gasteiger partial charge in [0.25, 0.3) is 5.82 Å². The van der Waals surface area contributed by atoms with Gasteiger partial charge in [0.05, 0.1) is 12.6 Å². The summed E-state index contributed by atoms with van der Waals surface area (Å²) in [4.78, 5) is 0. The predicted octanol–water partition coefficient (Wildman–Crippen LogP) is 0.519. The average molecular weight is 311 g/mol. The van der Waals surface area contributed by atoms with Crippen molar-refractivity contribution in [2.45, 2.75) is 13.0 Å². The third-order valence-electron chi connectivity index (χ3n) is 3.63. The standard InChI is InChI=1S/C19H19N2.ClH/c1-2-20-13-14-21(16-18-11-7-4-8-12-18)19(20)15-17-9-5-3-6-10-17;/h2-14H,1,15-16H2;1H/q+1;/p-1. The molecule has 0 aliphatic rings. The first-order valence-electron chi connectivity index (χ1n) is 7.16. The fraction of sp³-hybridized carbons (Fsp3) is 0.105. The van der Waals surface area contributed by atoms with Crippen molar-refractivity contribution in [1.82, 2.24) is 4.57 Å². The van der Waals surface area contributed by atoms with Gasteiger partial charge in [-0.25, -0.2) is 9.13 Å². The highest BCUT2D eigenvalue weighted by atomic mass is 35.5. The Morgan fingerprint density at radius 3 is 2.09 bits per heavy atom. The lowest BCUT2D eigenvalue weighted by molar-refractivity contribution is -0.694. The summed E-state index contributed by atoms with van der Waals surface area (Å²) in [7, 11) is 0. The van der Waals surface area contributed by atoms with Gasteiger partial charge in [0, 0.05) is 0 Å². The van der Waals surface area contributed by atoms with Crippen LogP contribution in [0.1, 0.15) is 17.0 Å². The fourth-order valence-corrected chi connectivity index (χ4v) is 2.53. The van der Waals surface area contributed by atoms with Crippen LogP contribution < -0.4 is 17.0 Å². The molecule has 0 bridgehead atoms. The third kappa shape index (κ3) is 3.66. The van der Waals surface area contributed by atoms with E-state index in [0.29, 0.717) is 0 Å².